The molecule has 0 bridgehead atoms. The number of rotatable bonds is 4. The second-order valence-electron chi connectivity index (χ2n) is 6.06. The Balaban J connectivity index is 1.82. The molecule has 1 saturated carbocycles. The molecule has 0 radical (unpaired) electrons. The van der Waals surface area contributed by atoms with Crippen LogP contribution < -0.4 is 4.72 Å². The number of nitrogens with zero attached hydrogens (tertiary/aromatic N) is 1. The lowest BCUT2D eigenvalue weighted by Gasteiger charge is -2.22. The molecule has 2 aliphatic rings. The first-order valence-corrected chi connectivity index (χ1v) is 8.84. The van der Waals surface area contributed by atoms with Gasteiger partial charge in [0, 0.05) is 13.1 Å². The molecule has 0 unspecified atom stereocenters. The van der Waals surface area contributed by atoms with E-state index in [1.165, 1.54) is 24.1 Å². The average Bonchev–Trinajstić information content (AvgIpc) is 3.19. The molecule has 2 heterocycles. The first-order valence-electron chi connectivity index (χ1n) is 7.36. The molecule has 9 heteroatoms. The third kappa shape index (κ3) is 2.43. The minimum atomic E-state index is -3.76. The first-order chi connectivity index (χ1) is 10.8. The molecule has 0 aromatic carbocycles. The number of hydrogen-bond donors (Lipinski definition) is 2. The Hall–Kier alpha value is -1.87. The molecule has 3 rings (SSSR count). The van der Waals surface area contributed by atoms with Crippen molar-refractivity contribution >= 4 is 21.9 Å². The van der Waals surface area contributed by atoms with Gasteiger partial charge in [-0.15, -0.1) is 0 Å². The van der Waals surface area contributed by atoms with E-state index in [-0.39, 0.29) is 23.3 Å². The topological polar surface area (TPSA) is 117 Å². The number of carbonyl (C=O) groups excluding carboxylic acids is 1. The van der Waals surface area contributed by atoms with Crippen LogP contribution in [0.25, 0.3) is 0 Å². The molecule has 1 aromatic rings. The van der Waals surface area contributed by atoms with Crippen molar-refractivity contribution in [3.63, 3.8) is 0 Å². The van der Waals surface area contributed by atoms with Crippen LogP contribution in [-0.4, -0.2) is 50.4 Å². The Labute approximate surface area is 133 Å². The van der Waals surface area contributed by atoms with Gasteiger partial charge >= 0.3 is 5.97 Å². The summed E-state index contributed by atoms with van der Waals surface area (Å²) >= 11 is 0. The Morgan fingerprint density at radius 3 is 2.78 bits per heavy atom. The number of carboxylic acids is 1. The van der Waals surface area contributed by atoms with Crippen molar-refractivity contribution in [3.05, 3.63) is 17.9 Å². The van der Waals surface area contributed by atoms with E-state index in [4.69, 9.17) is 4.42 Å². The van der Waals surface area contributed by atoms with Crippen molar-refractivity contribution in [2.24, 2.45) is 11.3 Å². The van der Waals surface area contributed by atoms with Crippen LogP contribution in [0.2, 0.25) is 0 Å². The van der Waals surface area contributed by atoms with Gasteiger partial charge in [-0.1, -0.05) is 6.42 Å². The van der Waals surface area contributed by atoms with Gasteiger partial charge in [0.1, 0.15) is 0 Å². The van der Waals surface area contributed by atoms with E-state index in [0.29, 0.717) is 13.0 Å². The standard InChI is InChI=1S/C14H18N2O6S/c1-15-23(20,21)11-5-4-10(22-11)12(17)16-7-9-3-2-6-14(9,8-16)13(18)19/h4-5,9,15H,2-3,6-8H2,1H3,(H,18,19)/t9-,14+/m0/s1. The van der Waals surface area contributed by atoms with Gasteiger partial charge in [-0.25, -0.2) is 13.1 Å². The third-order valence-electron chi connectivity index (χ3n) is 4.91. The third-order valence-corrected chi connectivity index (χ3v) is 6.20. The molecule has 126 valence electrons. The number of amides is 1. The maximum atomic E-state index is 12.5. The molecule has 1 aliphatic heterocycles. The number of carboxylic acid groups (broad SMARTS) is 1. The molecule has 2 atom stereocenters. The lowest BCUT2D eigenvalue weighted by atomic mass is 9.81. The zero-order valence-corrected chi connectivity index (χ0v) is 13.4. The normalized spacial score (nSPS) is 27.2. The fourth-order valence-electron chi connectivity index (χ4n) is 3.63. The Morgan fingerprint density at radius 1 is 1.43 bits per heavy atom. The summed E-state index contributed by atoms with van der Waals surface area (Å²) in [5.74, 6) is -1.50. The van der Waals surface area contributed by atoms with Gasteiger partial charge in [0.05, 0.1) is 5.41 Å². The predicted octanol–water partition coefficient (Wildman–Crippen LogP) is 0.515. The van der Waals surface area contributed by atoms with Crippen molar-refractivity contribution in [2.45, 2.75) is 24.4 Å². The van der Waals surface area contributed by atoms with E-state index in [9.17, 15) is 23.1 Å². The van der Waals surface area contributed by atoms with Crippen molar-refractivity contribution in [2.75, 3.05) is 20.1 Å². The highest BCUT2D eigenvalue weighted by Crippen LogP contribution is 2.49. The molecule has 1 saturated heterocycles. The number of fused-ring (bicyclic) bond motifs is 1. The molecule has 0 spiro atoms. The van der Waals surface area contributed by atoms with E-state index in [0.717, 1.165) is 12.8 Å². The lowest BCUT2D eigenvalue weighted by Crippen LogP contribution is -2.37. The first kappa shape index (κ1) is 16.0. The van der Waals surface area contributed by atoms with Crippen LogP contribution in [0, 0.1) is 11.3 Å². The molecule has 2 N–H and O–H groups in total. The molecular formula is C14H18N2O6S. The molecule has 8 nitrogen and oxygen atoms in total. The Bertz CT molecular complexity index is 755. The molecule has 1 aliphatic carbocycles. The van der Waals surface area contributed by atoms with Gasteiger partial charge in [-0.2, -0.15) is 0 Å². The van der Waals surface area contributed by atoms with Crippen LogP contribution in [0.3, 0.4) is 0 Å². The lowest BCUT2D eigenvalue weighted by molar-refractivity contribution is -0.149. The van der Waals surface area contributed by atoms with E-state index in [2.05, 4.69) is 4.72 Å². The summed E-state index contributed by atoms with van der Waals surface area (Å²) in [6.45, 7) is 0.501. The number of nitrogens with one attached hydrogen (secondary N) is 1. The number of carbonyl (C=O) groups is 2. The Morgan fingerprint density at radius 2 is 2.17 bits per heavy atom. The van der Waals surface area contributed by atoms with Crippen molar-refractivity contribution in [1.82, 2.24) is 9.62 Å². The fourth-order valence-corrected chi connectivity index (χ4v) is 4.28. The quantitative estimate of drug-likeness (QED) is 0.823. The van der Waals surface area contributed by atoms with E-state index in [1.807, 2.05) is 0 Å². The molecule has 23 heavy (non-hydrogen) atoms. The van der Waals surface area contributed by atoms with Crippen molar-refractivity contribution < 1.29 is 27.5 Å². The number of likely N-dealkylation sites (tertiary alicyclic amines) is 1. The maximum Gasteiger partial charge on any atom is 0.311 e. The predicted molar refractivity (Wildman–Crippen MR) is 78.3 cm³/mol. The largest absolute Gasteiger partial charge is 0.481 e. The van der Waals surface area contributed by atoms with E-state index < -0.39 is 27.3 Å². The van der Waals surface area contributed by atoms with Crippen LogP contribution >= 0.6 is 0 Å². The number of aliphatic carboxylic acids is 1. The smallest absolute Gasteiger partial charge is 0.311 e. The van der Waals surface area contributed by atoms with Gasteiger partial charge in [0.25, 0.3) is 15.9 Å². The zero-order chi connectivity index (χ0) is 16.8. The summed E-state index contributed by atoms with van der Waals surface area (Å²) in [5, 5.41) is 9.20. The van der Waals surface area contributed by atoms with Gasteiger partial charge in [0.15, 0.2) is 5.76 Å². The second kappa shape index (κ2) is 5.34. The van der Waals surface area contributed by atoms with Crippen molar-refractivity contribution in [1.29, 1.82) is 0 Å². The summed E-state index contributed by atoms with van der Waals surface area (Å²) in [6.07, 6.45) is 2.20. The van der Waals surface area contributed by atoms with Gasteiger partial charge in [-0.3, -0.25) is 9.59 Å². The summed E-state index contributed by atoms with van der Waals surface area (Å²) in [6, 6.07) is 2.51. The zero-order valence-electron chi connectivity index (χ0n) is 12.6. The van der Waals surface area contributed by atoms with E-state index >= 15 is 0 Å². The van der Waals surface area contributed by atoms with Gasteiger partial charge < -0.3 is 14.4 Å². The van der Waals surface area contributed by atoms with Gasteiger partial charge in [-0.05, 0) is 37.9 Å². The highest BCUT2D eigenvalue weighted by Gasteiger charge is 2.56. The summed E-state index contributed by atoms with van der Waals surface area (Å²) < 4.78 is 30.5. The second-order valence-corrected chi connectivity index (χ2v) is 7.88. The fraction of sp³-hybridized carbons (Fsp3) is 0.571. The highest BCUT2D eigenvalue weighted by molar-refractivity contribution is 7.89. The van der Waals surface area contributed by atoms with Gasteiger partial charge in [0.2, 0.25) is 5.09 Å². The Kier molecular flexibility index (Phi) is 3.72. The summed E-state index contributed by atoms with van der Waals surface area (Å²) in [4.78, 5) is 25.6. The van der Waals surface area contributed by atoms with Crippen LogP contribution in [0.4, 0.5) is 0 Å². The van der Waals surface area contributed by atoms with Crippen LogP contribution in [0.15, 0.2) is 21.6 Å². The molecule has 1 amide bonds. The number of sulfonamides is 1. The molecule has 1 aromatic heterocycles. The van der Waals surface area contributed by atoms with Crippen molar-refractivity contribution in [3.8, 4) is 0 Å². The number of hydrogen-bond acceptors (Lipinski definition) is 5. The minimum absolute atomic E-state index is 0.0561. The van der Waals surface area contributed by atoms with Crippen LogP contribution in [-0.2, 0) is 14.8 Å². The minimum Gasteiger partial charge on any atom is -0.481 e. The maximum absolute atomic E-state index is 12.5. The van der Waals surface area contributed by atoms with E-state index in [1.54, 1.807) is 0 Å². The highest BCUT2D eigenvalue weighted by atomic mass is 32.2. The summed E-state index contributed by atoms with van der Waals surface area (Å²) in [5.41, 5.74) is -0.873. The van der Waals surface area contributed by atoms with Crippen LogP contribution in [0.1, 0.15) is 29.8 Å². The monoisotopic (exact) mass is 342 g/mol. The molecule has 2 fully saturated rings. The summed E-state index contributed by atoms with van der Waals surface area (Å²) in [7, 11) is -2.51. The SMILES string of the molecule is CNS(=O)(=O)c1ccc(C(=O)N2C[C@@H]3CCC[C@@]3(C(=O)O)C2)o1. The van der Waals surface area contributed by atoms with Crippen LogP contribution in [0.5, 0.6) is 0 Å². The molecular weight excluding hydrogens is 324 g/mol. The average molecular weight is 342 g/mol. The number of furan rings is 1.